The summed E-state index contributed by atoms with van der Waals surface area (Å²) in [5, 5.41) is 0.294. The Morgan fingerprint density at radius 2 is 2.00 bits per heavy atom. The van der Waals surface area contributed by atoms with Gasteiger partial charge in [-0.1, -0.05) is 48.9 Å². The number of aromatic nitrogens is 2. The van der Waals surface area contributed by atoms with Crippen LogP contribution in [0.4, 0.5) is 0 Å². The molecule has 1 aliphatic rings. The highest BCUT2D eigenvalue weighted by molar-refractivity contribution is 6.29. The molecular weight excluding hydrogens is 338 g/mol. The molecule has 0 spiro atoms. The first-order valence-corrected chi connectivity index (χ1v) is 9.03. The van der Waals surface area contributed by atoms with Crippen LogP contribution in [0.5, 0.6) is 5.88 Å². The number of nitrogens with zero attached hydrogens (tertiary/aromatic N) is 3. The quantitative estimate of drug-likeness (QED) is 0.766. The first-order valence-electron chi connectivity index (χ1n) is 8.65. The van der Waals surface area contributed by atoms with Gasteiger partial charge in [-0.15, -0.1) is 0 Å². The van der Waals surface area contributed by atoms with Gasteiger partial charge in [-0.3, -0.25) is 4.79 Å². The lowest BCUT2D eigenvalue weighted by atomic mass is 9.97. The third-order valence-corrected chi connectivity index (χ3v) is 4.74. The van der Waals surface area contributed by atoms with E-state index in [0.29, 0.717) is 17.3 Å². The Morgan fingerprint density at radius 3 is 2.68 bits per heavy atom. The summed E-state index contributed by atoms with van der Waals surface area (Å²) in [5.41, 5.74) is 1.64. The Balaban J connectivity index is 1.70. The molecule has 1 aliphatic heterocycles. The van der Waals surface area contributed by atoms with Crippen LogP contribution in [-0.2, 0) is 11.2 Å². The molecule has 0 radical (unpaired) electrons. The van der Waals surface area contributed by atoms with Crippen molar-refractivity contribution >= 4 is 17.6 Å². The van der Waals surface area contributed by atoms with Gasteiger partial charge in [-0.05, 0) is 38.0 Å². The van der Waals surface area contributed by atoms with E-state index in [4.69, 9.17) is 16.3 Å². The fraction of sp³-hybridized carbons (Fsp3) is 0.421. The van der Waals surface area contributed by atoms with Gasteiger partial charge in [-0.25, -0.2) is 9.97 Å². The van der Waals surface area contributed by atoms with Crippen molar-refractivity contribution in [3.8, 4) is 5.88 Å². The summed E-state index contributed by atoms with van der Waals surface area (Å²) in [4.78, 5) is 23.4. The topological polar surface area (TPSA) is 55.3 Å². The van der Waals surface area contributed by atoms with Gasteiger partial charge in [0.1, 0.15) is 10.8 Å². The first kappa shape index (κ1) is 17.8. The summed E-state index contributed by atoms with van der Waals surface area (Å²) in [5.74, 6) is -0.0392. The van der Waals surface area contributed by atoms with E-state index in [-0.39, 0.29) is 17.8 Å². The second kappa shape index (κ2) is 8.41. The maximum Gasteiger partial charge on any atom is 0.315 e. The zero-order chi connectivity index (χ0) is 17.6. The van der Waals surface area contributed by atoms with Crippen molar-refractivity contribution < 1.29 is 9.53 Å². The molecule has 6 heteroatoms. The number of likely N-dealkylation sites (tertiary alicyclic amines) is 1. The molecule has 3 rings (SSSR count). The molecule has 0 saturated carbocycles. The number of rotatable bonds is 5. The van der Waals surface area contributed by atoms with Gasteiger partial charge in [-0.2, -0.15) is 0 Å². The number of piperidine rings is 1. The Labute approximate surface area is 153 Å². The van der Waals surface area contributed by atoms with E-state index in [1.807, 2.05) is 30.3 Å². The molecule has 1 fully saturated rings. The molecule has 0 amide bonds. The molecule has 0 aliphatic carbocycles. The van der Waals surface area contributed by atoms with Crippen LogP contribution in [0.3, 0.4) is 0 Å². The number of carbonyl (C=O) groups is 1. The lowest BCUT2D eigenvalue weighted by molar-refractivity contribution is -0.140. The molecule has 25 heavy (non-hydrogen) atoms. The van der Waals surface area contributed by atoms with E-state index in [0.717, 1.165) is 38.0 Å². The minimum atomic E-state index is -0.221. The van der Waals surface area contributed by atoms with Gasteiger partial charge in [0.15, 0.2) is 0 Å². The molecule has 2 aromatic rings. The van der Waals surface area contributed by atoms with Crippen LogP contribution in [0.2, 0.25) is 5.15 Å². The minimum Gasteiger partial charge on any atom is -0.405 e. The molecule has 1 saturated heterocycles. The van der Waals surface area contributed by atoms with Gasteiger partial charge in [0.05, 0.1) is 12.1 Å². The van der Waals surface area contributed by atoms with E-state index in [2.05, 4.69) is 21.8 Å². The van der Waals surface area contributed by atoms with Crippen molar-refractivity contribution in [2.75, 3.05) is 19.6 Å². The van der Waals surface area contributed by atoms with Gasteiger partial charge < -0.3 is 9.64 Å². The molecule has 1 aromatic heterocycles. The third-order valence-electron chi connectivity index (χ3n) is 4.56. The lowest BCUT2D eigenvalue weighted by Crippen LogP contribution is -2.37. The molecule has 1 aromatic carbocycles. The summed E-state index contributed by atoms with van der Waals surface area (Å²) in [6.45, 7) is 5.02. The highest BCUT2D eigenvalue weighted by Crippen LogP contribution is 2.23. The van der Waals surface area contributed by atoms with Gasteiger partial charge in [0.25, 0.3) is 0 Å². The number of halogens is 1. The van der Waals surface area contributed by atoms with Gasteiger partial charge in [0.2, 0.25) is 5.88 Å². The van der Waals surface area contributed by atoms with Gasteiger partial charge in [0, 0.05) is 6.42 Å². The molecule has 0 bridgehead atoms. The Hall–Kier alpha value is -1.98. The summed E-state index contributed by atoms with van der Waals surface area (Å²) < 4.78 is 5.59. The van der Waals surface area contributed by atoms with E-state index in [9.17, 15) is 4.79 Å². The fourth-order valence-corrected chi connectivity index (χ4v) is 3.20. The maximum atomic E-state index is 12.5. The van der Waals surface area contributed by atoms with Crippen molar-refractivity contribution in [3.05, 3.63) is 52.9 Å². The Morgan fingerprint density at radius 1 is 1.28 bits per heavy atom. The smallest absolute Gasteiger partial charge is 0.315 e. The van der Waals surface area contributed by atoms with Crippen LogP contribution in [-0.4, -0.2) is 40.5 Å². The predicted octanol–water partition coefficient (Wildman–Crippen LogP) is 3.36. The minimum absolute atomic E-state index is 0.0788. The Kier molecular flexibility index (Phi) is 6.00. The summed E-state index contributed by atoms with van der Waals surface area (Å²) in [6, 6.07) is 9.86. The molecule has 0 N–H and O–H groups in total. The number of carbonyl (C=O) groups excluding carboxylic acids is 1. The average Bonchev–Trinajstić information content (AvgIpc) is 2.65. The molecule has 5 nitrogen and oxygen atoms in total. The number of benzene rings is 1. The van der Waals surface area contributed by atoms with Crippen molar-refractivity contribution in [2.24, 2.45) is 5.92 Å². The second-order valence-electron chi connectivity index (χ2n) is 6.24. The van der Waals surface area contributed by atoms with Gasteiger partial charge >= 0.3 is 5.97 Å². The van der Waals surface area contributed by atoms with Crippen LogP contribution in [0, 0.1) is 5.92 Å². The van der Waals surface area contributed by atoms with E-state index < -0.39 is 0 Å². The standard InChI is InChI=1S/C19H22ClN3O2/c1-2-23-10-8-15(9-11-23)19(24)25-18-16(22-17(20)13-21-18)12-14-6-4-3-5-7-14/h3-7,13,15H,2,8-12H2,1H3. The monoisotopic (exact) mass is 359 g/mol. The highest BCUT2D eigenvalue weighted by atomic mass is 35.5. The van der Waals surface area contributed by atoms with E-state index >= 15 is 0 Å². The molecule has 132 valence electrons. The highest BCUT2D eigenvalue weighted by Gasteiger charge is 2.27. The molecule has 2 heterocycles. The maximum absolute atomic E-state index is 12.5. The summed E-state index contributed by atoms with van der Waals surface area (Å²) in [7, 11) is 0. The van der Waals surface area contributed by atoms with Crippen LogP contribution in [0.25, 0.3) is 0 Å². The summed E-state index contributed by atoms with van der Waals surface area (Å²) in [6.07, 6.45) is 3.58. The largest absolute Gasteiger partial charge is 0.405 e. The van der Waals surface area contributed by atoms with Crippen LogP contribution < -0.4 is 4.74 Å². The average molecular weight is 360 g/mol. The number of hydrogen-bond donors (Lipinski definition) is 0. The number of hydrogen-bond acceptors (Lipinski definition) is 5. The molecular formula is C19H22ClN3O2. The SMILES string of the molecule is CCN1CCC(C(=O)Oc2ncc(Cl)nc2Cc2ccccc2)CC1. The number of esters is 1. The molecule has 0 atom stereocenters. The van der Waals surface area contributed by atoms with Crippen LogP contribution in [0.15, 0.2) is 36.5 Å². The molecule has 0 unspecified atom stereocenters. The van der Waals surface area contributed by atoms with Crippen molar-refractivity contribution in [3.63, 3.8) is 0 Å². The van der Waals surface area contributed by atoms with E-state index in [1.54, 1.807) is 0 Å². The predicted molar refractivity (Wildman–Crippen MR) is 96.8 cm³/mol. The van der Waals surface area contributed by atoms with Crippen molar-refractivity contribution in [1.29, 1.82) is 0 Å². The second-order valence-corrected chi connectivity index (χ2v) is 6.62. The summed E-state index contributed by atoms with van der Waals surface area (Å²) >= 11 is 5.98. The number of ether oxygens (including phenoxy) is 1. The normalized spacial score (nSPS) is 15.9. The van der Waals surface area contributed by atoms with Crippen LogP contribution >= 0.6 is 11.6 Å². The fourth-order valence-electron chi connectivity index (χ4n) is 3.05. The zero-order valence-electron chi connectivity index (χ0n) is 14.3. The van der Waals surface area contributed by atoms with Crippen molar-refractivity contribution in [2.45, 2.75) is 26.2 Å². The zero-order valence-corrected chi connectivity index (χ0v) is 15.1. The van der Waals surface area contributed by atoms with Crippen molar-refractivity contribution in [1.82, 2.24) is 14.9 Å². The van der Waals surface area contributed by atoms with Crippen LogP contribution in [0.1, 0.15) is 31.0 Å². The lowest BCUT2D eigenvalue weighted by Gasteiger charge is -2.29. The van der Waals surface area contributed by atoms with E-state index in [1.165, 1.54) is 6.20 Å². The first-order chi connectivity index (χ1) is 12.2. The Bertz CT molecular complexity index is 716. The third kappa shape index (κ3) is 4.77.